The van der Waals surface area contributed by atoms with E-state index in [9.17, 15) is 9.59 Å². The number of likely N-dealkylation sites (N-methyl/N-ethyl adjacent to an activating group) is 1. The Morgan fingerprint density at radius 2 is 1.85 bits per heavy atom. The van der Waals surface area contributed by atoms with Crippen molar-refractivity contribution < 1.29 is 9.59 Å². The molecule has 13 heavy (non-hydrogen) atoms. The molecule has 1 rings (SSSR count). The van der Waals surface area contributed by atoms with Gasteiger partial charge in [0.1, 0.15) is 0 Å². The fourth-order valence-electron chi connectivity index (χ4n) is 0.961. The maximum absolute atomic E-state index is 11.3. The SMILES string of the molecule is CCNC(=O)C(=O)c1ccccc1. The Morgan fingerprint density at radius 1 is 1.23 bits per heavy atom. The van der Waals surface area contributed by atoms with E-state index in [0.717, 1.165) is 0 Å². The lowest BCUT2D eigenvalue weighted by Gasteiger charge is -1.99. The second-order valence-corrected chi connectivity index (χ2v) is 2.55. The zero-order chi connectivity index (χ0) is 9.68. The number of amides is 1. The van der Waals surface area contributed by atoms with E-state index < -0.39 is 11.7 Å². The lowest BCUT2D eigenvalue weighted by Crippen LogP contribution is -2.30. The summed E-state index contributed by atoms with van der Waals surface area (Å²) in [6.45, 7) is 2.24. The number of benzene rings is 1. The number of nitrogens with one attached hydrogen (secondary N) is 1. The van der Waals surface area contributed by atoms with Crippen LogP contribution in [-0.2, 0) is 4.79 Å². The van der Waals surface area contributed by atoms with Gasteiger partial charge in [0.05, 0.1) is 0 Å². The number of carbonyl (C=O) groups excluding carboxylic acids is 2. The minimum absolute atomic E-state index is 0.424. The molecule has 0 radical (unpaired) electrons. The normalized spacial score (nSPS) is 9.31. The summed E-state index contributed by atoms with van der Waals surface area (Å²) in [6.07, 6.45) is 0. The van der Waals surface area contributed by atoms with Gasteiger partial charge in [0.25, 0.3) is 5.91 Å². The van der Waals surface area contributed by atoms with Gasteiger partial charge in [-0.25, -0.2) is 0 Å². The first-order valence-electron chi connectivity index (χ1n) is 4.13. The second kappa shape index (κ2) is 4.40. The topological polar surface area (TPSA) is 46.2 Å². The Kier molecular flexibility index (Phi) is 3.20. The molecule has 1 N–H and O–H groups in total. The fraction of sp³-hybridized carbons (Fsp3) is 0.200. The molecule has 0 heterocycles. The number of hydrogen-bond acceptors (Lipinski definition) is 2. The summed E-state index contributed by atoms with van der Waals surface area (Å²) in [5, 5.41) is 2.46. The van der Waals surface area contributed by atoms with Gasteiger partial charge in [-0.3, -0.25) is 9.59 Å². The molecule has 0 fully saturated rings. The molecule has 3 nitrogen and oxygen atoms in total. The van der Waals surface area contributed by atoms with Gasteiger partial charge in [0, 0.05) is 12.1 Å². The molecule has 0 atom stereocenters. The minimum Gasteiger partial charge on any atom is -0.349 e. The molecule has 1 aromatic carbocycles. The Hall–Kier alpha value is -1.64. The molecule has 0 saturated heterocycles. The van der Waals surface area contributed by atoms with Crippen molar-refractivity contribution in [2.75, 3.05) is 6.54 Å². The smallest absolute Gasteiger partial charge is 0.292 e. The molecular formula is C10H11NO2. The fourth-order valence-corrected chi connectivity index (χ4v) is 0.961. The van der Waals surface area contributed by atoms with E-state index in [2.05, 4.69) is 5.32 Å². The van der Waals surface area contributed by atoms with Gasteiger partial charge >= 0.3 is 0 Å². The second-order valence-electron chi connectivity index (χ2n) is 2.55. The molecule has 0 aromatic heterocycles. The molecule has 0 spiro atoms. The van der Waals surface area contributed by atoms with Crippen LogP contribution >= 0.6 is 0 Å². The maximum atomic E-state index is 11.3. The molecule has 0 aliphatic heterocycles. The van der Waals surface area contributed by atoms with Crippen molar-refractivity contribution in [1.82, 2.24) is 5.32 Å². The molecule has 68 valence electrons. The maximum Gasteiger partial charge on any atom is 0.292 e. The third-order valence-electron chi connectivity index (χ3n) is 1.58. The molecular weight excluding hydrogens is 166 g/mol. The van der Waals surface area contributed by atoms with Crippen LogP contribution in [0.15, 0.2) is 30.3 Å². The van der Waals surface area contributed by atoms with Crippen LogP contribution in [0.5, 0.6) is 0 Å². The highest BCUT2D eigenvalue weighted by Gasteiger charge is 2.13. The van der Waals surface area contributed by atoms with Crippen molar-refractivity contribution in [3.8, 4) is 0 Å². The zero-order valence-electron chi connectivity index (χ0n) is 7.41. The zero-order valence-corrected chi connectivity index (χ0v) is 7.41. The van der Waals surface area contributed by atoms with Crippen LogP contribution < -0.4 is 5.32 Å². The number of hydrogen-bond donors (Lipinski definition) is 1. The minimum atomic E-state index is -0.547. The van der Waals surface area contributed by atoms with Crippen molar-refractivity contribution in [1.29, 1.82) is 0 Å². The number of rotatable bonds is 3. The number of ketones is 1. The summed E-state index contributed by atoms with van der Waals surface area (Å²) >= 11 is 0. The van der Waals surface area contributed by atoms with E-state index >= 15 is 0 Å². The average Bonchev–Trinajstić information content (AvgIpc) is 2.18. The van der Waals surface area contributed by atoms with Gasteiger partial charge in [0.2, 0.25) is 5.78 Å². The summed E-state index contributed by atoms with van der Waals surface area (Å²) in [6, 6.07) is 8.50. The van der Waals surface area contributed by atoms with Crippen LogP contribution in [0.25, 0.3) is 0 Å². The molecule has 0 aliphatic carbocycles. The average molecular weight is 177 g/mol. The van der Waals surface area contributed by atoms with Gasteiger partial charge in [-0.1, -0.05) is 30.3 Å². The monoisotopic (exact) mass is 177 g/mol. The van der Waals surface area contributed by atoms with Crippen molar-refractivity contribution in [2.45, 2.75) is 6.92 Å². The van der Waals surface area contributed by atoms with E-state index in [1.807, 2.05) is 0 Å². The Morgan fingerprint density at radius 3 is 2.38 bits per heavy atom. The summed E-state index contributed by atoms with van der Waals surface area (Å²) in [5.41, 5.74) is 0.424. The first-order chi connectivity index (χ1) is 6.25. The van der Waals surface area contributed by atoms with Gasteiger partial charge in [0.15, 0.2) is 0 Å². The predicted molar refractivity (Wildman–Crippen MR) is 49.5 cm³/mol. The molecule has 0 aliphatic rings. The standard InChI is InChI=1S/C10H11NO2/c1-2-11-10(13)9(12)8-6-4-3-5-7-8/h3-7H,2H2,1H3,(H,11,13). The van der Waals surface area contributed by atoms with E-state index in [0.29, 0.717) is 12.1 Å². The van der Waals surface area contributed by atoms with Crippen LogP contribution in [-0.4, -0.2) is 18.2 Å². The summed E-state index contributed by atoms with van der Waals surface area (Å²) < 4.78 is 0. The molecule has 0 saturated carbocycles. The summed E-state index contributed by atoms with van der Waals surface area (Å²) in [5.74, 6) is -1.03. The quantitative estimate of drug-likeness (QED) is 0.553. The van der Waals surface area contributed by atoms with Crippen LogP contribution in [0.3, 0.4) is 0 Å². The predicted octanol–water partition coefficient (Wildman–Crippen LogP) is 1.01. The number of Topliss-reactive ketones (excluding diaryl/α,β-unsaturated/α-hetero) is 1. The molecule has 0 bridgehead atoms. The lowest BCUT2D eigenvalue weighted by atomic mass is 10.1. The Balaban J connectivity index is 2.74. The first-order valence-corrected chi connectivity index (χ1v) is 4.13. The highest BCUT2D eigenvalue weighted by atomic mass is 16.2. The molecule has 1 aromatic rings. The van der Waals surface area contributed by atoms with Crippen LogP contribution in [0.2, 0.25) is 0 Å². The van der Waals surface area contributed by atoms with Crippen molar-refractivity contribution in [3.05, 3.63) is 35.9 Å². The highest BCUT2D eigenvalue weighted by Crippen LogP contribution is 1.99. The van der Waals surface area contributed by atoms with E-state index in [1.165, 1.54) is 0 Å². The number of carbonyl (C=O) groups is 2. The van der Waals surface area contributed by atoms with Gasteiger partial charge in [-0.05, 0) is 6.92 Å². The van der Waals surface area contributed by atoms with Crippen LogP contribution in [0, 0.1) is 0 Å². The molecule has 1 amide bonds. The third-order valence-corrected chi connectivity index (χ3v) is 1.58. The van der Waals surface area contributed by atoms with Crippen LogP contribution in [0.4, 0.5) is 0 Å². The van der Waals surface area contributed by atoms with Gasteiger partial charge in [-0.15, -0.1) is 0 Å². The lowest BCUT2D eigenvalue weighted by molar-refractivity contribution is -0.116. The van der Waals surface area contributed by atoms with Gasteiger partial charge < -0.3 is 5.32 Å². The summed E-state index contributed by atoms with van der Waals surface area (Å²) in [7, 11) is 0. The van der Waals surface area contributed by atoms with Crippen molar-refractivity contribution >= 4 is 11.7 Å². The van der Waals surface area contributed by atoms with E-state index in [4.69, 9.17) is 0 Å². The summed E-state index contributed by atoms with van der Waals surface area (Å²) in [4.78, 5) is 22.4. The van der Waals surface area contributed by atoms with Crippen LogP contribution in [0.1, 0.15) is 17.3 Å². The Bertz CT molecular complexity index is 306. The van der Waals surface area contributed by atoms with Gasteiger partial charge in [-0.2, -0.15) is 0 Å². The van der Waals surface area contributed by atoms with Crippen molar-refractivity contribution in [3.63, 3.8) is 0 Å². The molecule has 0 unspecified atom stereocenters. The Labute approximate surface area is 76.8 Å². The van der Waals surface area contributed by atoms with E-state index in [-0.39, 0.29) is 0 Å². The van der Waals surface area contributed by atoms with Crippen molar-refractivity contribution in [2.24, 2.45) is 0 Å². The van der Waals surface area contributed by atoms with E-state index in [1.54, 1.807) is 37.3 Å². The largest absolute Gasteiger partial charge is 0.349 e. The third kappa shape index (κ3) is 2.40. The molecule has 3 heteroatoms. The first kappa shape index (κ1) is 9.45. The highest BCUT2D eigenvalue weighted by molar-refractivity contribution is 6.42.